The maximum Gasteiger partial charge on any atom is 0.321 e. The molecule has 0 spiro atoms. The van der Waals surface area contributed by atoms with Gasteiger partial charge in [0, 0.05) is 7.14 Å². The summed E-state index contributed by atoms with van der Waals surface area (Å²) in [7, 11) is -3.87. The molecule has 0 aliphatic carbocycles. The molecule has 1 atom stereocenters. The van der Waals surface area contributed by atoms with Crippen molar-refractivity contribution in [3.8, 4) is 0 Å². The van der Waals surface area contributed by atoms with Crippen LogP contribution in [0.2, 0.25) is 0 Å². The molecule has 0 saturated heterocycles. The molecule has 0 radical (unpaired) electrons. The van der Waals surface area contributed by atoms with Crippen LogP contribution in [0.1, 0.15) is 13.3 Å². The van der Waals surface area contributed by atoms with Gasteiger partial charge in [0.2, 0.25) is 10.0 Å². The molecule has 6 nitrogen and oxygen atoms in total. The van der Waals surface area contributed by atoms with Gasteiger partial charge in [0.05, 0.1) is 10.6 Å². The van der Waals surface area contributed by atoms with E-state index in [4.69, 9.17) is 10.8 Å². The average Bonchev–Trinajstić information content (AvgIpc) is 2.32. The molecular formula is C10H12I2N2O4S. The number of hydrogen-bond acceptors (Lipinski definition) is 4. The van der Waals surface area contributed by atoms with Crippen LogP contribution >= 0.6 is 45.2 Å². The Morgan fingerprint density at radius 3 is 2.26 bits per heavy atom. The fourth-order valence-corrected chi connectivity index (χ4v) is 4.79. The van der Waals surface area contributed by atoms with Crippen LogP contribution in [0.3, 0.4) is 0 Å². The van der Waals surface area contributed by atoms with E-state index in [1.54, 1.807) is 6.92 Å². The predicted molar refractivity (Wildman–Crippen MR) is 88.3 cm³/mol. The Labute approximate surface area is 138 Å². The molecule has 0 amide bonds. The van der Waals surface area contributed by atoms with E-state index in [0.717, 1.165) is 0 Å². The molecule has 0 aliphatic rings. The number of benzene rings is 1. The first kappa shape index (κ1) is 16.9. The number of carboxylic acid groups (broad SMARTS) is 1. The summed E-state index contributed by atoms with van der Waals surface area (Å²) >= 11 is 3.87. The Morgan fingerprint density at radius 2 is 1.89 bits per heavy atom. The molecule has 4 N–H and O–H groups in total. The minimum Gasteiger partial charge on any atom is -0.480 e. The zero-order valence-corrected chi connectivity index (χ0v) is 15.0. The highest BCUT2D eigenvalue weighted by atomic mass is 127. The molecule has 9 heteroatoms. The van der Waals surface area contributed by atoms with Gasteiger partial charge in [-0.1, -0.05) is 6.92 Å². The second kappa shape index (κ2) is 6.54. The molecule has 1 aromatic carbocycles. The number of aliphatic carboxylic acids is 1. The van der Waals surface area contributed by atoms with Gasteiger partial charge in [0.1, 0.15) is 6.04 Å². The third kappa shape index (κ3) is 4.16. The van der Waals surface area contributed by atoms with E-state index >= 15 is 0 Å². The number of rotatable bonds is 5. The molecule has 106 valence electrons. The lowest BCUT2D eigenvalue weighted by atomic mass is 10.2. The SMILES string of the molecule is CCC(NS(=O)(=O)c1cc(I)c(N)c(I)c1)C(=O)O. The number of halogens is 2. The van der Waals surface area contributed by atoms with Gasteiger partial charge in [-0.2, -0.15) is 4.72 Å². The monoisotopic (exact) mass is 510 g/mol. The van der Waals surface area contributed by atoms with Crippen molar-refractivity contribution in [3.05, 3.63) is 19.3 Å². The predicted octanol–water partition coefficient (Wildman–Crippen LogP) is 1.62. The van der Waals surface area contributed by atoms with Gasteiger partial charge >= 0.3 is 5.97 Å². The lowest BCUT2D eigenvalue weighted by Crippen LogP contribution is -2.40. The smallest absolute Gasteiger partial charge is 0.321 e. The minimum absolute atomic E-state index is 0.00944. The van der Waals surface area contributed by atoms with Crippen molar-refractivity contribution < 1.29 is 18.3 Å². The lowest BCUT2D eigenvalue weighted by Gasteiger charge is -2.14. The summed E-state index contributed by atoms with van der Waals surface area (Å²) in [6, 6.07) is 1.68. The van der Waals surface area contributed by atoms with Crippen LogP contribution in [-0.2, 0) is 14.8 Å². The van der Waals surface area contributed by atoms with Crippen molar-refractivity contribution in [3.63, 3.8) is 0 Å². The Morgan fingerprint density at radius 1 is 1.42 bits per heavy atom. The summed E-state index contributed by atoms with van der Waals surface area (Å²) in [6.07, 6.45) is 0.164. The molecule has 0 saturated carbocycles. The topological polar surface area (TPSA) is 109 Å². The molecule has 0 fully saturated rings. The molecule has 0 heterocycles. The molecule has 1 unspecified atom stereocenters. The van der Waals surface area contributed by atoms with Gasteiger partial charge in [-0.15, -0.1) is 0 Å². The Hall–Kier alpha value is -0.140. The van der Waals surface area contributed by atoms with Crippen molar-refractivity contribution in [1.82, 2.24) is 4.72 Å². The summed E-state index contributed by atoms with van der Waals surface area (Å²) in [5, 5.41) is 8.89. The molecule has 0 aromatic heterocycles. The lowest BCUT2D eigenvalue weighted by molar-refractivity contribution is -0.139. The van der Waals surface area contributed by atoms with Gasteiger partial charge in [0.15, 0.2) is 0 Å². The zero-order chi connectivity index (χ0) is 14.8. The highest BCUT2D eigenvalue weighted by Gasteiger charge is 2.24. The highest BCUT2D eigenvalue weighted by Crippen LogP contribution is 2.25. The minimum atomic E-state index is -3.87. The Balaban J connectivity index is 3.17. The van der Waals surface area contributed by atoms with Crippen molar-refractivity contribution in [2.75, 3.05) is 5.73 Å². The van der Waals surface area contributed by atoms with Crippen LogP contribution in [0, 0.1) is 7.14 Å². The van der Waals surface area contributed by atoms with E-state index in [0.29, 0.717) is 12.8 Å². The van der Waals surface area contributed by atoms with Crippen LogP contribution in [0.4, 0.5) is 5.69 Å². The van der Waals surface area contributed by atoms with Crippen molar-refractivity contribution in [2.24, 2.45) is 0 Å². The van der Waals surface area contributed by atoms with Gasteiger partial charge in [-0.25, -0.2) is 8.42 Å². The second-order valence-corrected chi connectivity index (χ2v) is 7.76. The summed E-state index contributed by atoms with van der Waals surface area (Å²) in [4.78, 5) is 10.9. The molecule has 1 rings (SSSR count). The average molecular weight is 510 g/mol. The van der Waals surface area contributed by atoms with Crippen LogP contribution in [-0.4, -0.2) is 25.5 Å². The van der Waals surface area contributed by atoms with E-state index < -0.39 is 22.0 Å². The standard InChI is InChI=1S/C10H12I2N2O4S/c1-2-8(10(15)16)14-19(17,18)5-3-6(11)9(13)7(12)4-5/h3-4,8,14H,2,13H2,1H3,(H,15,16). The number of sulfonamides is 1. The number of nitrogen functional groups attached to an aromatic ring is 1. The van der Waals surface area contributed by atoms with Crippen molar-refractivity contribution >= 4 is 66.9 Å². The summed E-state index contributed by atoms with van der Waals surface area (Å²) < 4.78 is 27.6. The van der Waals surface area contributed by atoms with E-state index in [-0.39, 0.29) is 11.3 Å². The molecular weight excluding hydrogens is 498 g/mol. The normalized spacial score (nSPS) is 13.2. The number of carbonyl (C=O) groups is 1. The first-order chi connectivity index (χ1) is 8.69. The Bertz CT molecular complexity index is 581. The summed E-state index contributed by atoms with van der Waals surface area (Å²) in [6.45, 7) is 1.60. The number of nitrogens with two attached hydrogens (primary N) is 1. The quantitative estimate of drug-likeness (QED) is 0.413. The Kier molecular flexibility index (Phi) is 5.82. The largest absolute Gasteiger partial charge is 0.480 e. The molecule has 0 aliphatic heterocycles. The number of nitrogens with one attached hydrogen (secondary N) is 1. The highest BCUT2D eigenvalue weighted by molar-refractivity contribution is 14.1. The summed E-state index contributed by atoms with van der Waals surface area (Å²) in [5.41, 5.74) is 6.25. The van der Waals surface area contributed by atoms with Gasteiger partial charge in [-0.05, 0) is 63.7 Å². The third-order valence-corrected chi connectivity index (χ3v) is 5.60. The summed E-state index contributed by atoms with van der Waals surface area (Å²) in [5.74, 6) is -1.20. The fraction of sp³-hybridized carbons (Fsp3) is 0.300. The van der Waals surface area contributed by atoms with Crippen molar-refractivity contribution in [1.29, 1.82) is 0 Å². The van der Waals surface area contributed by atoms with Crippen LogP contribution in [0.25, 0.3) is 0 Å². The molecule has 0 bridgehead atoms. The molecule has 1 aromatic rings. The van der Waals surface area contributed by atoms with Gasteiger partial charge < -0.3 is 10.8 Å². The van der Waals surface area contributed by atoms with E-state index in [1.165, 1.54) is 12.1 Å². The second-order valence-electron chi connectivity index (χ2n) is 3.72. The fourth-order valence-electron chi connectivity index (χ4n) is 1.28. The number of hydrogen-bond donors (Lipinski definition) is 3. The maximum atomic E-state index is 12.1. The van der Waals surface area contributed by atoms with Gasteiger partial charge in [-0.3, -0.25) is 4.79 Å². The van der Waals surface area contributed by atoms with E-state index in [9.17, 15) is 13.2 Å². The van der Waals surface area contributed by atoms with Crippen LogP contribution in [0.15, 0.2) is 17.0 Å². The third-order valence-electron chi connectivity index (χ3n) is 2.37. The number of carboxylic acids is 1. The zero-order valence-electron chi connectivity index (χ0n) is 9.85. The van der Waals surface area contributed by atoms with Gasteiger partial charge in [0.25, 0.3) is 0 Å². The molecule has 19 heavy (non-hydrogen) atoms. The van der Waals surface area contributed by atoms with Crippen LogP contribution in [0.5, 0.6) is 0 Å². The van der Waals surface area contributed by atoms with E-state index in [2.05, 4.69) is 4.72 Å². The first-order valence-corrected chi connectivity index (χ1v) is 8.82. The van der Waals surface area contributed by atoms with Crippen LogP contribution < -0.4 is 10.5 Å². The first-order valence-electron chi connectivity index (χ1n) is 5.18. The van der Waals surface area contributed by atoms with E-state index in [1.807, 2.05) is 45.2 Å². The van der Waals surface area contributed by atoms with Crippen molar-refractivity contribution in [2.45, 2.75) is 24.3 Å². The maximum absolute atomic E-state index is 12.1. The number of anilines is 1.